The van der Waals surface area contributed by atoms with Gasteiger partial charge < -0.3 is 10.6 Å². The maximum absolute atomic E-state index is 12.5. The molecule has 2 aromatic carbocycles. The SMILES string of the molecule is Cl.Nc1ccccc1CCC(=O)N1CCC(CCc2ccccc2)CC1. The number of rotatable bonds is 6. The van der Waals surface area contributed by atoms with Gasteiger partial charge in [0, 0.05) is 25.2 Å². The molecule has 1 heterocycles. The van der Waals surface area contributed by atoms with Crippen LogP contribution in [0.1, 0.15) is 36.8 Å². The van der Waals surface area contributed by atoms with E-state index in [0.717, 1.165) is 55.9 Å². The summed E-state index contributed by atoms with van der Waals surface area (Å²) in [6.07, 6.45) is 5.93. The van der Waals surface area contributed by atoms with Crippen molar-refractivity contribution in [2.24, 2.45) is 5.92 Å². The summed E-state index contributed by atoms with van der Waals surface area (Å²) in [6, 6.07) is 18.5. The van der Waals surface area contributed by atoms with E-state index in [-0.39, 0.29) is 18.3 Å². The summed E-state index contributed by atoms with van der Waals surface area (Å²) in [5.41, 5.74) is 9.24. The van der Waals surface area contributed by atoms with Gasteiger partial charge in [0.15, 0.2) is 0 Å². The number of amides is 1. The van der Waals surface area contributed by atoms with Crippen molar-refractivity contribution in [2.75, 3.05) is 18.8 Å². The average molecular weight is 373 g/mol. The monoisotopic (exact) mass is 372 g/mol. The van der Waals surface area contributed by atoms with Crippen LogP contribution in [0.25, 0.3) is 0 Å². The van der Waals surface area contributed by atoms with Gasteiger partial charge in [-0.25, -0.2) is 0 Å². The lowest BCUT2D eigenvalue weighted by Gasteiger charge is -2.32. The van der Waals surface area contributed by atoms with Gasteiger partial charge in [0.2, 0.25) is 5.91 Å². The molecular formula is C22H29ClN2O. The highest BCUT2D eigenvalue weighted by Crippen LogP contribution is 2.23. The fraction of sp³-hybridized carbons (Fsp3) is 0.409. The molecule has 0 saturated carbocycles. The lowest BCUT2D eigenvalue weighted by molar-refractivity contribution is -0.132. The average Bonchev–Trinajstić information content (AvgIpc) is 2.67. The highest BCUT2D eigenvalue weighted by Gasteiger charge is 2.22. The number of piperidine rings is 1. The van der Waals surface area contributed by atoms with E-state index in [4.69, 9.17) is 5.73 Å². The third-order valence-corrected chi connectivity index (χ3v) is 5.31. The van der Waals surface area contributed by atoms with E-state index < -0.39 is 0 Å². The third-order valence-electron chi connectivity index (χ3n) is 5.31. The van der Waals surface area contributed by atoms with E-state index in [0.29, 0.717) is 6.42 Å². The van der Waals surface area contributed by atoms with Crippen molar-refractivity contribution in [3.8, 4) is 0 Å². The quantitative estimate of drug-likeness (QED) is 0.759. The van der Waals surface area contributed by atoms with E-state index in [1.165, 1.54) is 12.0 Å². The number of nitrogens with zero attached hydrogens (tertiary/aromatic N) is 1. The Labute approximate surface area is 163 Å². The summed E-state index contributed by atoms with van der Waals surface area (Å²) >= 11 is 0. The van der Waals surface area contributed by atoms with Crippen LogP contribution in [0.2, 0.25) is 0 Å². The number of nitrogen functional groups attached to an aromatic ring is 1. The maximum atomic E-state index is 12.5. The van der Waals surface area contributed by atoms with Gasteiger partial charge in [-0.1, -0.05) is 48.5 Å². The Bertz CT molecular complexity index is 682. The molecule has 1 aliphatic rings. The molecule has 0 unspecified atom stereocenters. The molecule has 1 fully saturated rings. The zero-order valence-electron chi connectivity index (χ0n) is 15.3. The number of aryl methyl sites for hydroxylation is 2. The Balaban J connectivity index is 0.00000243. The van der Waals surface area contributed by atoms with E-state index in [1.54, 1.807) is 0 Å². The number of halogens is 1. The molecule has 0 aromatic heterocycles. The smallest absolute Gasteiger partial charge is 0.222 e. The number of carbonyl (C=O) groups is 1. The Morgan fingerprint density at radius 2 is 1.62 bits per heavy atom. The molecule has 0 radical (unpaired) electrons. The number of hydrogen-bond acceptors (Lipinski definition) is 2. The van der Waals surface area contributed by atoms with Crippen LogP contribution >= 0.6 is 12.4 Å². The van der Waals surface area contributed by atoms with E-state index in [1.807, 2.05) is 29.2 Å². The van der Waals surface area contributed by atoms with Crippen molar-refractivity contribution in [2.45, 2.75) is 38.5 Å². The molecule has 2 N–H and O–H groups in total. The first-order chi connectivity index (χ1) is 12.2. The van der Waals surface area contributed by atoms with Crippen molar-refractivity contribution in [1.29, 1.82) is 0 Å². The van der Waals surface area contributed by atoms with Gasteiger partial charge in [-0.2, -0.15) is 0 Å². The Morgan fingerprint density at radius 1 is 0.962 bits per heavy atom. The molecule has 0 atom stereocenters. The van der Waals surface area contributed by atoms with Crippen LogP contribution in [-0.2, 0) is 17.6 Å². The standard InChI is InChI=1S/C22H28N2O.ClH/c23-21-9-5-4-8-20(21)12-13-22(25)24-16-14-19(15-17-24)11-10-18-6-2-1-3-7-18;/h1-9,19H,10-17,23H2;1H. The number of hydrogen-bond donors (Lipinski definition) is 1. The van der Waals surface area contributed by atoms with Gasteiger partial charge >= 0.3 is 0 Å². The maximum Gasteiger partial charge on any atom is 0.222 e. The minimum atomic E-state index is 0. The molecule has 26 heavy (non-hydrogen) atoms. The van der Waals surface area contributed by atoms with Crippen molar-refractivity contribution in [1.82, 2.24) is 4.90 Å². The second-order valence-electron chi connectivity index (χ2n) is 7.05. The van der Waals surface area contributed by atoms with Gasteiger partial charge in [0.25, 0.3) is 0 Å². The minimum Gasteiger partial charge on any atom is -0.399 e. The number of para-hydroxylation sites is 1. The Morgan fingerprint density at radius 3 is 2.31 bits per heavy atom. The first-order valence-electron chi connectivity index (χ1n) is 9.37. The Kier molecular flexibility index (Phi) is 7.99. The third kappa shape index (κ3) is 5.77. The summed E-state index contributed by atoms with van der Waals surface area (Å²) in [5, 5.41) is 0. The summed E-state index contributed by atoms with van der Waals surface area (Å²) in [6.45, 7) is 1.81. The van der Waals surface area contributed by atoms with Gasteiger partial charge in [0.1, 0.15) is 0 Å². The zero-order chi connectivity index (χ0) is 17.5. The van der Waals surface area contributed by atoms with Gasteiger partial charge in [-0.05, 0) is 55.2 Å². The van der Waals surface area contributed by atoms with Gasteiger partial charge in [-0.3, -0.25) is 4.79 Å². The molecule has 3 nitrogen and oxygen atoms in total. The molecule has 0 bridgehead atoms. The van der Waals surface area contributed by atoms with Crippen molar-refractivity contribution in [3.63, 3.8) is 0 Å². The summed E-state index contributed by atoms with van der Waals surface area (Å²) in [7, 11) is 0. The zero-order valence-corrected chi connectivity index (χ0v) is 16.1. The van der Waals surface area contributed by atoms with Crippen LogP contribution in [0.4, 0.5) is 5.69 Å². The lowest BCUT2D eigenvalue weighted by atomic mass is 9.90. The van der Waals surface area contributed by atoms with Crippen LogP contribution in [-0.4, -0.2) is 23.9 Å². The largest absolute Gasteiger partial charge is 0.399 e. The van der Waals surface area contributed by atoms with Crippen LogP contribution in [0, 0.1) is 5.92 Å². The second-order valence-corrected chi connectivity index (χ2v) is 7.05. The van der Waals surface area contributed by atoms with Crippen molar-refractivity contribution < 1.29 is 4.79 Å². The van der Waals surface area contributed by atoms with E-state index in [2.05, 4.69) is 30.3 Å². The lowest BCUT2D eigenvalue weighted by Crippen LogP contribution is -2.38. The molecule has 140 valence electrons. The van der Waals surface area contributed by atoms with Crippen LogP contribution in [0.3, 0.4) is 0 Å². The number of likely N-dealkylation sites (tertiary alicyclic amines) is 1. The van der Waals surface area contributed by atoms with Crippen LogP contribution in [0.15, 0.2) is 54.6 Å². The molecule has 2 aromatic rings. The predicted octanol–water partition coefficient (Wildman–Crippen LogP) is 4.49. The molecule has 1 aliphatic heterocycles. The Hall–Kier alpha value is -2.00. The van der Waals surface area contributed by atoms with Crippen LogP contribution in [0.5, 0.6) is 0 Å². The van der Waals surface area contributed by atoms with Crippen molar-refractivity contribution >= 4 is 24.0 Å². The van der Waals surface area contributed by atoms with E-state index >= 15 is 0 Å². The van der Waals surface area contributed by atoms with Crippen LogP contribution < -0.4 is 5.73 Å². The molecule has 1 amide bonds. The summed E-state index contributed by atoms with van der Waals surface area (Å²) < 4.78 is 0. The van der Waals surface area contributed by atoms with E-state index in [9.17, 15) is 4.79 Å². The van der Waals surface area contributed by atoms with Gasteiger partial charge in [-0.15, -0.1) is 12.4 Å². The molecule has 0 aliphatic carbocycles. The highest BCUT2D eigenvalue weighted by molar-refractivity contribution is 5.85. The second kappa shape index (κ2) is 10.2. The first kappa shape index (κ1) is 20.3. The van der Waals surface area contributed by atoms with Crippen molar-refractivity contribution in [3.05, 3.63) is 65.7 Å². The molecule has 0 spiro atoms. The molecule has 1 saturated heterocycles. The number of nitrogens with two attached hydrogens (primary N) is 1. The summed E-state index contributed by atoms with van der Waals surface area (Å²) in [5.74, 6) is 1.01. The molecule has 3 rings (SSSR count). The fourth-order valence-electron chi connectivity index (χ4n) is 3.65. The normalized spacial score (nSPS) is 14.7. The minimum absolute atomic E-state index is 0. The number of benzene rings is 2. The molecule has 4 heteroatoms. The molecular weight excluding hydrogens is 344 g/mol. The van der Waals surface area contributed by atoms with Gasteiger partial charge in [0.05, 0.1) is 0 Å². The number of anilines is 1. The fourth-order valence-corrected chi connectivity index (χ4v) is 3.65. The first-order valence-corrected chi connectivity index (χ1v) is 9.37. The highest BCUT2D eigenvalue weighted by atomic mass is 35.5. The predicted molar refractivity (Wildman–Crippen MR) is 110 cm³/mol. The number of carbonyl (C=O) groups excluding carboxylic acids is 1. The topological polar surface area (TPSA) is 46.3 Å². The summed E-state index contributed by atoms with van der Waals surface area (Å²) in [4.78, 5) is 14.5.